The molecule has 0 saturated heterocycles. The first-order valence-electron chi connectivity index (χ1n) is 6.16. The largest absolute Gasteiger partial charge is 0.497 e. The fraction of sp³-hybridized carbons (Fsp3) is 0.0714. The van der Waals surface area contributed by atoms with Gasteiger partial charge >= 0.3 is 16.1 Å². The molecule has 9 heteroatoms. The molecule has 2 aromatic carbocycles. The Kier molecular flexibility index (Phi) is 4.42. The second-order valence-electron chi connectivity index (χ2n) is 4.52. The summed E-state index contributed by atoms with van der Waals surface area (Å²) in [4.78, 5) is 15.3. The smallest absolute Gasteiger partial charge is 0.394 e. The van der Waals surface area contributed by atoms with Crippen LogP contribution in [0.1, 0.15) is 15.9 Å². The van der Waals surface area contributed by atoms with Crippen LogP contribution in [0.2, 0.25) is 0 Å². The number of carbonyl (C=O) groups excluding carboxylic acids is 1. The second kappa shape index (κ2) is 6.13. The fourth-order valence-corrected chi connectivity index (χ4v) is 2.24. The van der Waals surface area contributed by atoms with E-state index in [-0.39, 0.29) is 5.78 Å². The number of fused-ring (bicyclic) bond motifs is 3. The Labute approximate surface area is 131 Å². The third-order valence-electron chi connectivity index (χ3n) is 3.12. The molecular formula is C14H11N2O6S+. The lowest BCUT2D eigenvalue weighted by Crippen LogP contribution is -1.95. The second-order valence-corrected chi connectivity index (χ2v) is 5.41. The number of rotatable bonds is 1. The molecule has 0 bridgehead atoms. The molecule has 0 amide bonds. The first-order valence-corrected chi connectivity index (χ1v) is 7.56. The highest BCUT2D eigenvalue weighted by Crippen LogP contribution is 2.39. The molecular weight excluding hydrogens is 324 g/mol. The Balaban J connectivity index is 0.000000338. The van der Waals surface area contributed by atoms with Gasteiger partial charge in [-0.2, -0.15) is 8.42 Å². The zero-order chi connectivity index (χ0) is 17.2. The van der Waals surface area contributed by atoms with Crippen LogP contribution in [0.3, 0.4) is 0 Å². The lowest BCUT2D eigenvalue weighted by molar-refractivity contribution is 0.104. The number of diazo groups is 1. The van der Waals surface area contributed by atoms with Crippen molar-refractivity contribution in [3.05, 3.63) is 52.5 Å². The van der Waals surface area contributed by atoms with E-state index in [0.29, 0.717) is 22.6 Å². The third kappa shape index (κ3) is 3.70. The van der Waals surface area contributed by atoms with Crippen molar-refractivity contribution in [1.82, 2.24) is 0 Å². The molecule has 23 heavy (non-hydrogen) atoms. The van der Waals surface area contributed by atoms with Gasteiger partial charge in [-0.3, -0.25) is 13.9 Å². The van der Waals surface area contributed by atoms with Gasteiger partial charge in [0.1, 0.15) is 5.75 Å². The van der Waals surface area contributed by atoms with Crippen LogP contribution < -0.4 is 4.74 Å². The number of ketones is 1. The van der Waals surface area contributed by atoms with Crippen LogP contribution in [0.4, 0.5) is 5.69 Å². The molecule has 0 unspecified atom stereocenters. The molecule has 8 nitrogen and oxygen atoms in total. The SMILES string of the molecule is COc1ccc2c(c1)C(=O)c1cc([N+]#N)ccc1-2.O=S(=O)(O)O. The van der Waals surface area contributed by atoms with Gasteiger partial charge in [0.25, 0.3) is 0 Å². The van der Waals surface area contributed by atoms with Crippen molar-refractivity contribution in [2.24, 2.45) is 0 Å². The lowest BCUT2D eigenvalue weighted by atomic mass is 10.1. The van der Waals surface area contributed by atoms with Crippen LogP contribution in [0.25, 0.3) is 16.1 Å². The number of nitrogens with zero attached hydrogens (tertiary/aromatic N) is 2. The van der Waals surface area contributed by atoms with E-state index < -0.39 is 10.4 Å². The highest BCUT2D eigenvalue weighted by atomic mass is 32.3. The van der Waals surface area contributed by atoms with Gasteiger partial charge in [0.05, 0.1) is 7.11 Å². The van der Waals surface area contributed by atoms with Crippen LogP contribution >= 0.6 is 0 Å². The monoisotopic (exact) mass is 335 g/mol. The van der Waals surface area contributed by atoms with Gasteiger partial charge in [0.15, 0.2) is 10.8 Å². The molecule has 0 radical (unpaired) electrons. The molecule has 0 atom stereocenters. The maximum absolute atomic E-state index is 12.2. The third-order valence-corrected chi connectivity index (χ3v) is 3.12. The summed E-state index contributed by atoms with van der Waals surface area (Å²) in [7, 11) is -3.10. The molecule has 118 valence electrons. The van der Waals surface area contributed by atoms with Crippen molar-refractivity contribution >= 4 is 21.9 Å². The Bertz CT molecular complexity index is 923. The minimum absolute atomic E-state index is 0.0654. The van der Waals surface area contributed by atoms with Crippen LogP contribution in [0.5, 0.6) is 5.75 Å². The van der Waals surface area contributed by atoms with Gasteiger partial charge in [0, 0.05) is 23.3 Å². The molecule has 0 aliphatic heterocycles. The summed E-state index contributed by atoms with van der Waals surface area (Å²) in [5.41, 5.74) is 3.32. The van der Waals surface area contributed by atoms with Gasteiger partial charge in [-0.25, -0.2) is 0 Å². The number of benzene rings is 2. The van der Waals surface area contributed by atoms with E-state index in [4.69, 9.17) is 27.7 Å². The number of ether oxygens (including phenoxy) is 1. The molecule has 0 saturated carbocycles. The number of hydrogen-bond donors (Lipinski definition) is 2. The number of hydrogen-bond acceptors (Lipinski definition) is 5. The van der Waals surface area contributed by atoms with Crippen LogP contribution in [-0.4, -0.2) is 30.4 Å². The standard InChI is InChI=1S/C14H9N2O2.H2O4S/c1-18-9-3-5-11-10-4-2-8(16-15)6-12(10)14(17)13(11)7-9;1-5(2,3)4/h2-7H,1H3;(H2,1,2,3,4)/q+1;. The molecule has 1 aliphatic carbocycles. The summed E-state index contributed by atoms with van der Waals surface area (Å²) in [6, 6.07) is 10.5. The first-order chi connectivity index (χ1) is 10.7. The highest BCUT2D eigenvalue weighted by Gasteiger charge is 2.29. The van der Waals surface area contributed by atoms with E-state index in [0.717, 1.165) is 11.1 Å². The molecule has 0 fully saturated rings. The number of methoxy groups -OCH3 is 1. The van der Waals surface area contributed by atoms with E-state index in [9.17, 15) is 4.79 Å². The zero-order valence-corrected chi connectivity index (χ0v) is 12.6. The van der Waals surface area contributed by atoms with Crippen molar-refractivity contribution in [2.75, 3.05) is 7.11 Å². The van der Waals surface area contributed by atoms with Gasteiger partial charge in [-0.05, 0) is 35.4 Å². The molecule has 0 heterocycles. The van der Waals surface area contributed by atoms with Gasteiger partial charge in [-0.15, -0.1) is 0 Å². The Morgan fingerprint density at radius 3 is 2.04 bits per heavy atom. The predicted octanol–water partition coefficient (Wildman–Crippen LogP) is 2.74. The van der Waals surface area contributed by atoms with E-state index in [1.54, 1.807) is 31.4 Å². The summed E-state index contributed by atoms with van der Waals surface area (Å²) in [5, 5.41) is 8.75. The average Bonchev–Trinajstić information content (AvgIpc) is 2.77. The zero-order valence-electron chi connectivity index (χ0n) is 11.8. The van der Waals surface area contributed by atoms with Crippen molar-refractivity contribution in [3.8, 4) is 16.9 Å². The molecule has 3 rings (SSSR count). The van der Waals surface area contributed by atoms with Crippen molar-refractivity contribution < 1.29 is 27.1 Å². The lowest BCUT2D eigenvalue weighted by Gasteiger charge is -2.02. The van der Waals surface area contributed by atoms with Crippen LogP contribution in [0.15, 0.2) is 36.4 Å². The van der Waals surface area contributed by atoms with E-state index in [2.05, 4.69) is 4.98 Å². The molecule has 2 aromatic rings. The molecule has 1 aliphatic rings. The topological polar surface area (TPSA) is 129 Å². The number of carbonyl (C=O) groups is 1. The first kappa shape index (κ1) is 16.6. The van der Waals surface area contributed by atoms with Crippen molar-refractivity contribution in [1.29, 1.82) is 5.39 Å². The maximum atomic E-state index is 12.2. The summed E-state index contributed by atoms with van der Waals surface area (Å²) in [5.74, 6) is 0.589. The van der Waals surface area contributed by atoms with Gasteiger partial charge in [0.2, 0.25) is 5.39 Å². The predicted molar refractivity (Wildman–Crippen MR) is 80.8 cm³/mol. The fourth-order valence-electron chi connectivity index (χ4n) is 2.24. The normalized spacial score (nSPS) is 11.7. The van der Waals surface area contributed by atoms with Crippen LogP contribution in [-0.2, 0) is 10.4 Å². The molecule has 2 N–H and O–H groups in total. The van der Waals surface area contributed by atoms with E-state index >= 15 is 0 Å². The Hall–Kier alpha value is -2.80. The minimum atomic E-state index is -4.67. The quantitative estimate of drug-likeness (QED) is 0.516. The Morgan fingerprint density at radius 2 is 1.52 bits per heavy atom. The molecule has 0 aromatic heterocycles. The van der Waals surface area contributed by atoms with Crippen molar-refractivity contribution in [2.45, 2.75) is 0 Å². The maximum Gasteiger partial charge on any atom is 0.394 e. The summed E-state index contributed by atoms with van der Waals surface area (Å²) < 4.78 is 36.7. The van der Waals surface area contributed by atoms with Gasteiger partial charge < -0.3 is 4.74 Å². The van der Waals surface area contributed by atoms with Crippen molar-refractivity contribution in [3.63, 3.8) is 0 Å². The minimum Gasteiger partial charge on any atom is -0.497 e. The van der Waals surface area contributed by atoms with Crippen LogP contribution in [0, 0.1) is 5.39 Å². The summed E-state index contributed by atoms with van der Waals surface area (Å²) in [6.45, 7) is 0. The summed E-state index contributed by atoms with van der Waals surface area (Å²) in [6.07, 6.45) is 0. The molecule has 0 spiro atoms. The van der Waals surface area contributed by atoms with E-state index in [1.165, 1.54) is 0 Å². The van der Waals surface area contributed by atoms with Gasteiger partial charge in [-0.1, -0.05) is 0 Å². The highest BCUT2D eigenvalue weighted by molar-refractivity contribution is 7.79. The average molecular weight is 335 g/mol. The Morgan fingerprint density at radius 1 is 1.00 bits per heavy atom. The van der Waals surface area contributed by atoms with E-state index in [1.807, 2.05) is 12.1 Å². The summed E-state index contributed by atoms with van der Waals surface area (Å²) >= 11 is 0.